The van der Waals surface area contributed by atoms with Gasteiger partial charge in [0.15, 0.2) is 0 Å². The van der Waals surface area contributed by atoms with Crippen molar-refractivity contribution in [1.82, 2.24) is 4.57 Å². The molecule has 4 nitrogen and oxygen atoms in total. The molecule has 176 valence electrons. The molecule has 5 aromatic rings. The van der Waals surface area contributed by atoms with E-state index in [1.54, 1.807) is 0 Å². The Morgan fingerprint density at radius 2 is 1.54 bits per heavy atom. The minimum Gasteiger partial charge on any atom is -0.493 e. The molecule has 0 aliphatic rings. The molecule has 1 heterocycles. The van der Waals surface area contributed by atoms with Crippen LogP contribution in [0.25, 0.3) is 32.8 Å². The van der Waals surface area contributed by atoms with Crippen molar-refractivity contribution in [3.05, 3.63) is 102 Å². The fourth-order valence-electron chi connectivity index (χ4n) is 4.80. The Hall–Kier alpha value is -4.05. The average molecular weight is 464 g/mol. The van der Waals surface area contributed by atoms with E-state index in [1.165, 1.54) is 0 Å². The number of esters is 1. The fourth-order valence-corrected chi connectivity index (χ4v) is 4.80. The number of rotatable bonds is 8. The first-order valence-electron chi connectivity index (χ1n) is 12.1. The normalized spacial score (nSPS) is 11.1. The van der Waals surface area contributed by atoms with Crippen LogP contribution in [0.5, 0.6) is 5.75 Å². The van der Waals surface area contributed by atoms with Gasteiger partial charge < -0.3 is 14.0 Å². The summed E-state index contributed by atoms with van der Waals surface area (Å²) in [5.41, 5.74) is 4.75. The van der Waals surface area contributed by atoms with E-state index in [1.807, 2.05) is 55.5 Å². The first-order chi connectivity index (χ1) is 17.2. The van der Waals surface area contributed by atoms with Gasteiger partial charge in [-0.05, 0) is 48.9 Å². The molecule has 0 saturated carbocycles. The van der Waals surface area contributed by atoms with E-state index < -0.39 is 0 Å². The number of aryl methyl sites for hydroxylation is 2. The number of benzene rings is 4. The number of nitrogens with zero attached hydrogens (tertiary/aromatic N) is 1. The summed E-state index contributed by atoms with van der Waals surface area (Å²) in [6.45, 7) is 5.44. The molecule has 4 heteroatoms. The first kappa shape index (κ1) is 22.7. The zero-order valence-electron chi connectivity index (χ0n) is 20.2. The third-order valence-corrected chi connectivity index (χ3v) is 6.39. The van der Waals surface area contributed by atoms with E-state index in [9.17, 15) is 4.79 Å². The van der Waals surface area contributed by atoms with Crippen LogP contribution in [0.2, 0.25) is 0 Å². The number of carbonyl (C=O) groups is 1. The maximum absolute atomic E-state index is 13.3. The van der Waals surface area contributed by atoms with Crippen LogP contribution < -0.4 is 4.74 Å². The Balaban J connectivity index is 1.49. The van der Waals surface area contributed by atoms with Crippen molar-refractivity contribution in [2.24, 2.45) is 0 Å². The monoisotopic (exact) mass is 463 g/mol. The van der Waals surface area contributed by atoms with Crippen LogP contribution in [-0.2, 0) is 11.3 Å². The SMILES string of the molecule is CCOC(=O)c1c(-c2ccccc2C)c2ccccc2n1CCCOc1cccc2ccccc12. The van der Waals surface area contributed by atoms with Crippen molar-refractivity contribution < 1.29 is 14.3 Å². The van der Waals surface area contributed by atoms with Crippen molar-refractivity contribution in [3.8, 4) is 16.9 Å². The third kappa shape index (κ3) is 4.40. The largest absolute Gasteiger partial charge is 0.493 e. The van der Waals surface area contributed by atoms with Crippen LogP contribution in [0.15, 0.2) is 91.0 Å². The number of aromatic nitrogens is 1. The standard InChI is InChI=1S/C31H29NO3/c1-3-34-31(33)30-29(24-15-6-4-12-22(24)2)26-17-8-9-18-27(26)32(30)20-11-21-35-28-19-10-14-23-13-5-7-16-25(23)28/h4-10,12-19H,3,11,20-21H2,1-2H3. The summed E-state index contributed by atoms with van der Waals surface area (Å²) >= 11 is 0. The van der Waals surface area contributed by atoms with Crippen LogP contribution in [0.1, 0.15) is 29.4 Å². The molecule has 1 aromatic heterocycles. The molecule has 5 rings (SSSR count). The lowest BCUT2D eigenvalue weighted by atomic mass is 9.97. The van der Waals surface area contributed by atoms with Crippen LogP contribution in [-0.4, -0.2) is 23.8 Å². The molecular formula is C31H29NO3. The topological polar surface area (TPSA) is 40.5 Å². The molecule has 0 saturated heterocycles. The fraction of sp³-hybridized carbons (Fsp3) is 0.194. The summed E-state index contributed by atoms with van der Waals surface area (Å²) in [5, 5.41) is 3.32. The Morgan fingerprint density at radius 1 is 0.829 bits per heavy atom. The summed E-state index contributed by atoms with van der Waals surface area (Å²) in [4.78, 5) is 13.3. The summed E-state index contributed by atoms with van der Waals surface area (Å²) in [6, 6.07) is 30.7. The number of carbonyl (C=O) groups excluding carboxylic acids is 1. The van der Waals surface area contributed by atoms with Crippen molar-refractivity contribution in [2.75, 3.05) is 13.2 Å². The van der Waals surface area contributed by atoms with Gasteiger partial charge in [0.25, 0.3) is 0 Å². The van der Waals surface area contributed by atoms with Crippen LogP contribution in [0.3, 0.4) is 0 Å². The molecule has 0 radical (unpaired) electrons. The predicted molar refractivity (Wildman–Crippen MR) is 142 cm³/mol. The van der Waals surface area contributed by atoms with Crippen LogP contribution in [0.4, 0.5) is 0 Å². The van der Waals surface area contributed by atoms with Gasteiger partial charge in [-0.2, -0.15) is 0 Å². The predicted octanol–water partition coefficient (Wildman–Crippen LogP) is 7.42. The van der Waals surface area contributed by atoms with Crippen LogP contribution >= 0.6 is 0 Å². The summed E-state index contributed by atoms with van der Waals surface area (Å²) < 4.78 is 13.8. The molecule has 0 N–H and O–H groups in total. The van der Waals surface area contributed by atoms with E-state index in [2.05, 4.69) is 54.0 Å². The number of para-hydroxylation sites is 1. The van der Waals surface area contributed by atoms with Gasteiger partial charge in [0.1, 0.15) is 11.4 Å². The minimum atomic E-state index is -0.295. The number of ether oxygens (including phenoxy) is 2. The maximum Gasteiger partial charge on any atom is 0.355 e. The molecule has 0 atom stereocenters. The molecule has 4 aromatic carbocycles. The highest BCUT2D eigenvalue weighted by atomic mass is 16.5. The second-order valence-electron chi connectivity index (χ2n) is 8.61. The number of hydrogen-bond donors (Lipinski definition) is 0. The van der Waals surface area contributed by atoms with Crippen molar-refractivity contribution >= 4 is 27.6 Å². The Kier molecular flexibility index (Phi) is 6.53. The maximum atomic E-state index is 13.3. The lowest BCUT2D eigenvalue weighted by molar-refractivity contribution is 0.0515. The van der Waals surface area contributed by atoms with Crippen LogP contribution in [0, 0.1) is 6.92 Å². The minimum absolute atomic E-state index is 0.295. The van der Waals surface area contributed by atoms with Crippen molar-refractivity contribution in [3.63, 3.8) is 0 Å². The van der Waals surface area contributed by atoms with E-state index in [0.717, 1.165) is 50.5 Å². The second kappa shape index (κ2) is 10.1. The van der Waals surface area contributed by atoms with Gasteiger partial charge >= 0.3 is 5.97 Å². The second-order valence-corrected chi connectivity index (χ2v) is 8.61. The Bertz CT molecular complexity index is 1490. The van der Waals surface area contributed by atoms with E-state index >= 15 is 0 Å². The van der Waals surface area contributed by atoms with Crippen molar-refractivity contribution in [1.29, 1.82) is 0 Å². The van der Waals surface area contributed by atoms with Gasteiger partial charge in [-0.15, -0.1) is 0 Å². The van der Waals surface area contributed by atoms with Gasteiger partial charge in [0.2, 0.25) is 0 Å². The summed E-state index contributed by atoms with van der Waals surface area (Å²) in [6.07, 6.45) is 0.752. The highest BCUT2D eigenvalue weighted by Gasteiger charge is 2.25. The molecule has 0 bridgehead atoms. The molecule has 35 heavy (non-hydrogen) atoms. The Labute approximate surface area is 205 Å². The molecule has 0 unspecified atom stereocenters. The summed E-state index contributed by atoms with van der Waals surface area (Å²) in [5.74, 6) is 0.587. The van der Waals surface area contributed by atoms with E-state index in [0.29, 0.717) is 25.5 Å². The number of fused-ring (bicyclic) bond motifs is 2. The highest BCUT2D eigenvalue weighted by molar-refractivity contribution is 6.09. The zero-order chi connectivity index (χ0) is 24.2. The molecule has 0 aliphatic carbocycles. The smallest absolute Gasteiger partial charge is 0.355 e. The Morgan fingerprint density at radius 3 is 2.37 bits per heavy atom. The lowest BCUT2D eigenvalue weighted by Crippen LogP contribution is -2.15. The molecule has 0 spiro atoms. The van der Waals surface area contributed by atoms with Gasteiger partial charge in [-0.3, -0.25) is 0 Å². The molecule has 0 fully saturated rings. The van der Waals surface area contributed by atoms with Gasteiger partial charge in [0.05, 0.1) is 13.2 Å². The third-order valence-electron chi connectivity index (χ3n) is 6.39. The molecule has 0 amide bonds. The molecular weight excluding hydrogens is 434 g/mol. The average Bonchev–Trinajstić information content (AvgIpc) is 3.21. The first-order valence-corrected chi connectivity index (χ1v) is 12.1. The van der Waals surface area contributed by atoms with Gasteiger partial charge in [0, 0.05) is 28.4 Å². The highest BCUT2D eigenvalue weighted by Crippen LogP contribution is 2.37. The van der Waals surface area contributed by atoms with Crippen molar-refractivity contribution in [2.45, 2.75) is 26.8 Å². The van der Waals surface area contributed by atoms with Gasteiger partial charge in [-0.25, -0.2) is 4.79 Å². The summed E-state index contributed by atoms with van der Waals surface area (Å²) in [7, 11) is 0. The van der Waals surface area contributed by atoms with Gasteiger partial charge in [-0.1, -0.05) is 78.9 Å². The van der Waals surface area contributed by atoms with E-state index in [-0.39, 0.29) is 5.97 Å². The zero-order valence-corrected chi connectivity index (χ0v) is 20.2. The number of hydrogen-bond acceptors (Lipinski definition) is 3. The quantitative estimate of drug-likeness (QED) is 0.178. The van der Waals surface area contributed by atoms with E-state index in [4.69, 9.17) is 9.47 Å². The lowest BCUT2D eigenvalue weighted by Gasteiger charge is -2.13. The molecule has 0 aliphatic heterocycles.